The molecule has 2 rings (SSSR count). The predicted octanol–water partition coefficient (Wildman–Crippen LogP) is 2.93. The van der Waals surface area contributed by atoms with Gasteiger partial charge in [-0.15, -0.1) is 0 Å². The molecule has 4 nitrogen and oxygen atoms in total. The Bertz CT molecular complexity index is 588. The second-order valence-electron chi connectivity index (χ2n) is 4.70. The molecule has 0 bridgehead atoms. The van der Waals surface area contributed by atoms with E-state index in [-0.39, 0.29) is 11.5 Å². The lowest BCUT2D eigenvalue weighted by molar-refractivity contribution is 0.103. The van der Waals surface area contributed by atoms with Gasteiger partial charge in [0.05, 0.1) is 17.3 Å². The molecule has 2 aromatic rings. The molecule has 0 aliphatic rings. The molecule has 0 aliphatic carbocycles. The number of phenols is 1. The summed E-state index contributed by atoms with van der Waals surface area (Å²) in [7, 11) is 0. The Morgan fingerprint density at radius 2 is 2.21 bits per heavy atom. The third-order valence-corrected chi connectivity index (χ3v) is 3.03. The second-order valence-corrected chi connectivity index (χ2v) is 4.70. The number of hydrogen-bond donors (Lipinski definition) is 1. The van der Waals surface area contributed by atoms with Crippen molar-refractivity contribution in [3.8, 4) is 5.75 Å². The number of aryl methyl sites for hydroxylation is 2. The highest BCUT2D eigenvalue weighted by molar-refractivity contribution is 6.10. The summed E-state index contributed by atoms with van der Waals surface area (Å²) in [4.78, 5) is 12.3. The molecule has 100 valence electrons. The molecule has 0 aliphatic heterocycles. The van der Waals surface area contributed by atoms with E-state index in [4.69, 9.17) is 0 Å². The van der Waals surface area contributed by atoms with Crippen molar-refractivity contribution in [3.63, 3.8) is 0 Å². The lowest BCUT2D eigenvalue weighted by Crippen LogP contribution is -2.02. The summed E-state index contributed by atoms with van der Waals surface area (Å²) in [5.41, 5.74) is 1.78. The minimum absolute atomic E-state index is 0.0110. The lowest BCUT2D eigenvalue weighted by Gasteiger charge is -2.03. The first-order chi connectivity index (χ1) is 9.11. The number of aromatic nitrogens is 2. The molecule has 0 amide bonds. The third-order valence-electron chi connectivity index (χ3n) is 3.03. The summed E-state index contributed by atoms with van der Waals surface area (Å²) in [6, 6.07) is 5.02. The van der Waals surface area contributed by atoms with Crippen molar-refractivity contribution in [1.82, 2.24) is 9.78 Å². The first kappa shape index (κ1) is 13.3. The highest BCUT2D eigenvalue weighted by atomic mass is 16.3. The van der Waals surface area contributed by atoms with Gasteiger partial charge >= 0.3 is 0 Å². The fourth-order valence-electron chi connectivity index (χ4n) is 1.91. The molecule has 0 radical (unpaired) electrons. The minimum atomic E-state index is -0.191. The monoisotopic (exact) mass is 258 g/mol. The van der Waals surface area contributed by atoms with Crippen LogP contribution in [0.3, 0.4) is 0 Å². The zero-order valence-electron chi connectivity index (χ0n) is 11.3. The van der Waals surface area contributed by atoms with Gasteiger partial charge in [0, 0.05) is 12.7 Å². The summed E-state index contributed by atoms with van der Waals surface area (Å²) in [6.07, 6.45) is 5.41. The molecule has 0 spiro atoms. The summed E-state index contributed by atoms with van der Waals surface area (Å²) >= 11 is 0. The first-order valence-corrected chi connectivity index (χ1v) is 6.48. The van der Waals surface area contributed by atoms with Crippen molar-refractivity contribution in [2.24, 2.45) is 0 Å². The van der Waals surface area contributed by atoms with Gasteiger partial charge in [-0.05, 0) is 25.5 Å². The van der Waals surface area contributed by atoms with Crippen molar-refractivity contribution in [1.29, 1.82) is 0 Å². The van der Waals surface area contributed by atoms with Crippen LogP contribution in [-0.4, -0.2) is 20.7 Å². The molecule has 1 N–H and O–H groups in total. The van der Waals surface area contributed by atoms with E-state index >= 15 is 0 Å². The van der Waals surface area contributed by atoms with Crippen molar-refractivity contribution in [2.45, 2.75) is 33.2 Å². The minimum Gasteiger partial charge on any atom is -0.507 e. The van der Waals surface area contributed by atoms with Crippen LogP contribution in [0.25, 0.3) is 0 Å². The summed E-state index contributed by atoms with van der Waals surface area (Å²) in [5.74, 6) is -0.180. The number of hydrogen-bond acceptors (Lipinski definition) is 3. The van der Waals surface area contributed by atoms with Crippen LogP contribution < -0.4 is 0 Å². The maximum atomic E-state index is 12.3. The molecular formula is C15H18N2O2. The van der Waals surface area contributed by atoms with Crippen molar-refractivity contribution < 1.29 is 9.90 Å². The van der Waals surface area contributed by atoms with E-state index in [1.165, 1.54) is 0 Å². The average Bonchev–Trinajstić information content (AvgIpc) is 2.87. The van der Waals surface area contributed by atoms with Gasteiger partial charge in [0.2, 0.25) is 0 Å². The van der Waals surface area contributed by atoms with Gasteiger partial charge in [0.1, 0.15) is 5.75 Å². The zero-order chi connectivity index (χ0) is 13.8. The van der Waals surface area contributed by atoms with Crippen LogP contribution in [0.5, 0.6) is 5.75 Å². The van der Waals surface area contributed by atoms with Crippen molar-refractivity contribution in [2.75, 3.05) is 0 Å². The molecule has 19 heavy (non-hydrogen) atoms. The average molecular weight is 258 g/mol. The number of benzene rings is 1. The van der Waals surface area contributed by atoms with Gasteiger partial charge in [-0.25, -0.2) is 0 Å². The number of phenolic OH excluding ortho intramolecular Hbond substituents is 1. The van der Waals surface area contributed by atoms with Gasteiger partial charge in [-0.2, -0.15) is 5.10 Å². The van der Waals surface area contributed by atoms with Crippen molar-refractivity contribution >= 4 is 5.78 Å². The van der Waals surface area contributed by atoms with Gasteiger partial charge in [0.25, 0.3) is 0 Å². The normalized spacial score (nSPS) is 10.6. The molecule has 4 heteroatoms. The van der Waals surface area contributed by atoms with Crippen LogP contribution in [0.2, 0.25) is 0 Å². The number of unbranched alkanes of at least 4 members (excludes halogenated alkanes) is 1. The Kier molecular flexibility index (Phi) is 4.00. The van der Waals surface area contributed by atoms with Gasteiger partial charge in [0.15, 0.2) is 5.78 Å². The Hall–Kier alpha value is -2.10. The predicted molar refractivity (Wildman–Crippen MR) is 73.4 cm³/mol. The molecule has 1 heterocycles. The van der Waals surface area contributed by atoms with Crippen molar-refractivity contribution in [3.05, 3.63) is 47.3 Å². The summed E-state index contributed by atoms with van der Waals surface area (Å²) < 4.78 is 1.77. The Morgan fingerprint density at radius 3 is 2.95 bits per heavy atom. The van der Waals surface area contributed by atoms with Crippen LogP contribution in [0.1, 0.15) is 41.3 Å². The number of rotatable bonds is 5. The van der Waals surface area contributed by atoms with E-state index < -0.39 is 0 Å². The maximum absolute atomic E-state index is 12.3. The number of carbonyl (C=O) groups is 1. The largest absolute Gasteiger partial charge is 0.507 e. The summed E-state index contributed by atoms with van der Waals surface area (Å²) in [5, 5.41) is 13.9. The van der Waals surface area contributed by atoms with Crippen LogP contribution in [0.4, 0.5) is 0 Å². The number of aromatic hydroxyl groups is 1. The topological polar surface area (TPSA) is 55.1 Å². The van der Waals surface area contributed by atoms with E-state index in [1.807, 2.05) is 6.92 Å². The van der Waals surface area contributed by atoms with E-state index in [9.17, 15) is 9.90 Å². The molecule has 1 aromatic heterocycles. The van der Waals surface area contributed by atoms with Gasteiger partial charge in [-0.3, -0.25) is 9.48 Å². The smallest absolute Gasteiger partial charge is 0.199 e. The molecule has 0 atom stereocenters. The Morgan fingerprint density at radius 1 is 1.42 bits per heavy atom. The number of ketones is 1. The quantitative estimate of drug-likeness (QED) is 0.839. The fourth-order valence-corrected chi connectivity index (χ4v) is 1.91. The van der Waals surface area contributed by atoms with Crippen LogP contribution in [0.15, 0.2) is 30.6 Å². The molecule has 0 fully saturated rings. The summed E-state index contributed by atoms with van der Waals surface area (Å²) in [6.45, 7) is 4.81. The van der Waals surface area contributed by atoms with E-state index in [2.05, 4.69) is 12.0 Å². The maximum Gasteiger partial charge on any atom is 0.199 e. The molecule has 0 unspecified atom stereocenters. The van der Waals surface area contributed by atoms with Crippen LogP contribution >= 0.6 is 0 Å². The SMILES string of the molecule is CCCCn1cc(C(=O)c2cc(C)ccc2O)cn1. The van der Waals surface area contributed by atoms with Gasteiger partial charge < -0.3 is 5.11 Å². The second kappa shape index (κ2) is 5.69. The first-order valence-electron chi connectivity index (χ1n) is 6.48. The highest BCUT2D eigenvalue weighted by Gasteiger charge is 2.15. The number of carbonyl (C=O) groups excluding carboxylic acids is 1. The van der Waals surface area contributed by atoms with Gasteiger partial charge in [-0.1, -0.05) is 25.0 Å². The standard InChI is InChI=1S/C15H18N2O2/c1-3-4-7-17-10-12(9-16-17)15(19)13-8-11(2)5-6-14(13)18/h5-6,8-10,18H,3-4,7H2,1-2H3. The molecule has 0 saturated carbocycles. The van der Waals surface area contributed by atoms with Crippen LogP contribution in [0, 0.1) is 6.92 Å². The molecule has 0 saturated heterocycles. The van der Waals surface area contributed by atoms with E-state index in [1.54, 1.807) is 35.3 Å². The van der Waals surface area contributed by atoms with Crippen LogP contribution in [-0.2, 0) is 6.54 Å². The molecular weight excluding hydrogens is 240 g/mol. The van der Waals surface area contributed by atoms with E-state index in [0.29, 0.717) is 11.1 Å². The van der Waals surface area contributed by atoms with E-state index in [0.717, 1.165) is 24.9 Å². The Labute approximate surface area is 112 Å². The highest BCUT2D eigenvalue weighted by Crippen LogP contribution is 2.21. The lowest BCUT2D eigenvalue weighted by atomic mass is 10.0. The number of nitrogens with zero attached hydrogens (tertiary/aromatic N) is 2. The third kappa shape index (κ3) is 3.02. The Balaban J connectivity index is 2.23. The molecule has 1 aromatic carbocycles. The fraction of sp³-hybridized carbons (Fsp3) is 0.333. The zero-order valence-corrected chi connectivity index (χ0v) is 11.3.